The summed E-state index contributed by atoms with van der Waals surface area (Å²) in [5.74, 6) is -0.264. The summed E-state index contributed by atoms with van der Waals surface area (Å²) in [6.45, 7) is 3.25. The minimum atomic E-state index is -0.561. The Morgan fingerprint density at radius 2 is 1.81 bits per heavy atom. The van der Waals surface area contributed by atoms with Crippen molar-refractivity contribution in [1.82, 2.24) is 9.80 Å². The zero-order chi connectivity index (χ0) is 22.2. The number of aromatic hydroxyl groups is 1. The van der Waals surface area contributed by atoms with Crippen LogP contribution >= 0.6 is 0 Å². The molecule has 2 aromatic rings. The van der Waals surface area contributed by atoms with Gasteiger partial charge >= 0.3 is 0 Å². The van der Waals surface area contributed by atoms with E-state index in [1.165, 1.54) is 5.56 Å². The predicted molar refractivity (Wildman–Crippen MR) is 121 cm³/mol. The molecular formula is C25H33N3O3. The number of nitrogens with zero attached hydrogens (tertiary/aromatic N) is 2. The maximum atomic E-state index is 13.4. The second kappa shape index (κ2) is 11.0. The number of hydrogen-bond acceptors (Lipinski definition) is 4. The van der Waals surface area contributed by atoms with Crippen LogP contribution in [0.15, 0.2) is 54.6 Å². The minimum absolute atomic E-state index is 0.0345. The quantitative estimate of drug-likeness (QED) is 0.581. The molecule has 1 fully saturated rings. The summed E-state index contributed by atoms with van der Waals surface area (Å²) in [6, 6.07) is 16.4. The third kappa shape index (κ3) is 6.07. The maximum absolute atomic E-state index is 13.4. The highest BCUT2D eigenvalue weighted by molar-refractivity contribution is 5.90. The molecule has 0 aromatic heterocycles. The Morgan fingerprint density at radius 3 is 2.45 bits per heavy atom. The Morgan fingerprint density at radius 1 is 1.10 bits per heavy atom. The van der Waals surface area contributed by atoms with Gasteiger partial charge in [-0.15, -0.1) is 0 Å². The molecule has 0 aliphatic carbocycles. The molecule has 0 spiro atoms. The van der Waals surface area contributed by atoms with E-state index in [0.717, 1.165) is 37.8 Å². The largest absolute Gasteiger partial charge is 0.508 e. The van der Waals surface area contributed by atoms with Gasteiger partial charge in [-0.2, -0.15) is 0 Å². The number of carbonyl (C=O) groups is 2. The number of phenols is 1. The van der Waals surface area contributed by atoms with Gasteiger partial charge in [-0.25, -0.2) is 0 Å². The van der Waals surface area contributed by atoms with E-state index in [-0.39, 0.29) is 17.7 Å². The van der Waals surface area contributed by atoms with Crippen molar-refractivity contribution in [2.45, 2.75) is 57.5 Å². The first kappa shape index (κ1) is 22.8. The Balaban J connectivity index is 1.74. The highest BCUT2D eigenvalue weighted by atomic mass is 16.3. The van der Waals surface area contributed by atoms with Crippen LogP contribution in [0.4, 0.5) is 0 Å². The summed E-state index contributed by atoms with van der Waals surface area (Å²) >= 11 is 0. The summed E-state index contributed by atoms with van der Waals surface area (Å²) in [5.41, 5.74) is 7.93. The van der Waals surface area contributed by atoms with Crippen molar-refractivity contribution in [3.05, 3.63) is 65.7 Å². The fourth-order valence-corrected chi connectivity index (χ4v) is 4.24. The summed E-state index contributed by atoms with van der Waals surface area (Å²) < 4.78 is 0. The molecule has 1 heterocycles. The molecule has 1 aliphatic rings. The van der Waals surface area contributed by atoms with Gasteiger partial charge in [-0.05, 0) is 48.9 Å². The SMILES string of the molecule is CCCCC(C(N)=O)N1CN(CCCc2ccccc2)[C@H](Cc2ccc(O)cc2)C1=O. The van der Waals surface area contributed by atoms with Gasteiger partial charge in [0.05, 0.1) is 12.7 Å². The Bertz CT molecular complexity index is 854. The number of amides is 2. The van der Waals surface area contributed by atoms with Crippen LogP contribution in [0.1, 0.15) is 43.7 Å². The van der Waals surface area contributed by atoms with E-state index in [4.69, 9.17) is 5.73 Å². The molecule has 6 heteroatoms. The van der Waals surface area contributed by atoms with Crippen LogP contribution in [0.2, 0.25) is 0 Å². The molecule has 6 nitrogen and oxygen atoms in total. The van der Waals surface area contributed by atoms with Crippen LogP contribution in [-0.2, 0) is 22.4 Å². The van der Waals surface area contributed by atoms with Crippen molar-refractivity contribution in [3.63, 3.8) is 0 Å². The molecule has 3 rings (SSSR count). The highest BCUT2D eigenvalue weighted by Gasteiger charge is 2.42. The normalized spacial score (nSPS) is 17.8. The predicted octanol–water partition coefficient (Wildman–Crippen LogP) is 3.08. The van der Waals surface area contributed by atoms with Gasteiger partial charge in [0.1, 0.15) is 11.8 Å². The van der Waals surface area contributed by atoms with Crippen molar-refractivity contribution in [2.24, 2.45) is 5.73 Å². The van der Waals surface area contributed by atoms with E-state index >= 15 is 0 Å². The Labute approximate surface area is 184 Å². The van der Waals surface area contributed by atoms with Gasteiger partial charge in [0, 0.05) is 6.54 Å². The number of carbonyl (C=O) groups excluding carboxylic acids is 2. The second-order valence-corrected chi connectivity index (χ2v) is 8.30. The summed E-state index contributed by atoms with van der Waals surface area (Å²) in [4.78, 5) is 29.3. The van der Waals surface area contributed by atoms with Crippen molar-refractivity contribution in [2.75, 3.05) is 13.2 Å². The van der Waals surface area contributed by atoms with E-state index in [1.54, 1.807) is 17.0 Å². The Kier molecular flexibility index (Phi) is 8.06. The molecule has 2 amide bonds. The van der Waals surface area contributed by atoms with Crippen molar-refractivity contribution in [1.29, 1.82) is 0 Å². The van der Waals surface area contributed by atoms with E-state index < -0.39 is 11.9 Å². The van der Waals surface area contributed by atoms with E-state index in [9.17, 15) is 14.7 Å². The second-order valence-electron chi connectivity index (χ2n) is 8.30. The average molecular weight is 424 g/mol. The molecule has 31 heavy (non-hydrogen) atoms. The monoisotopic (exact) mass is 423 g/mol. The fourth-order valence-electron chi connectivity index (χ4n) is 4.24. The molecule has 1 unspecified atom stereocenters. The summed E-state index contributed by atoms with van der Waals surface area (Å²) in [7, 11) is 0. The molecule has 0 radical (unpaired) electrons. The number of hydrogen-bond donors (Lipinski definition) is 2. The number of rotatable bonds is 11. The molecule has 1 aliphatic heterocycles. The number of unbranched alkanes of at least 4 members (excludes halogenated alkanes) is 1. The maximum Gasteiger partial charge on any atom is 0.242 e. The number of primary amides is 1. The van der Waals surface area contributed by atoms with Crippen LogP contribution in [0.5, 0.6) is 5.75 Å². The lowest BCUT2D eigenvalue weighted by atomic mass is 10.0. The lowest BCUT2D eigenvalue weighted by Gasteiger charge is -2.25. The number of benzene rings is 2. The van der Waals surface area contributed by atoms with Crippen LogP contribution in [0, 0.1) is 0 Å². The lowest BCUT2D eigenvalue weighted by Crippen LogP contribution is -2.46. The van der Waals surface area contributed by atoms with Crippen LogP contribution in [0.25, 0.3) is 0 Å². The first-order chi connectivity index (χ1) is 15.0. The molecule has 0 saturated carbocycles. The highest BCUT2D eigenvalue weighted by Crippen LogP contribution is 2.24. The van der Waals surface area contributed by atoms with E-state index in [2.05, 4.69) is 24.0 Å². The van der Waals surface area contributed by atoms with E-state index in [1.807, 2.05) is 30.3 Å². The summed E-state index contributed by atoms with van der Waals surface area (Å²) in [5, 5.41) is 9.57. The average Bonchev–Trinajstić information content (AvgIpc) is 3.06. The molecule has 2 atom stereocenters. The fraction of sp³-hybridized carbons (Fsp3) is 0.440. The van der Waals surface area contributed by atoms with Gasteiger partial charge in [0.25, 0.3) is 0 Å². The third-order valence-electron chi connectivity index (χ3n) is 6.00. The Hall–Kier alpha value is -2.86. The topological polar surface area (TPSA) is 86.9 Å². The first-order valence-electron chi connectivity index (χ1n) is 11.1. The molecule has 0 bridgehead atoms. The zero-order valence-electron chi connectivity index (χ0n) is 18.2. The van der Waals surface area contributed by atoms with Gasteiger partial charge in [0.2, 0.25) is 11.8 Å². The lowest BCUT2D eigenvalue weighted by molar-refractivity contribution is -0.137. The van der Waals surface area contributed by atoms with Crippen molar-refractivity contribution in [3.8, 4) is 5.75 Å². The third-order valence-corrected chi connectivity index (χ3v) is 6.00. The van der Waals surface area contributed by atoms with Crippen molar-refractivity contribution < 1.29 is 14.7 Å². The molecule has 1 saturated heterocycles. The minimum Gasteiger partial charge on any atom is -0.508 e. The van der Waals surface area contributed by atoms with Crippen LogP contribution in [-0.4, -0.2) is 52.0 Å². The van der Waals surface area contributed by atoms with Crippen molar-refractivity contribution >= 4 is 11.8 Å². The van der Waals surface area contributed by atoms with Crippen LogP contribution < -0.4 is 5.73 Å². The van der Waals surface area contributed by atoms with Gasteiger partial charge in [0.15, 0.2) is 0 Å². The number of phenolic OH excluding ortho intramolecular Hbond substituents is 1. The number of aryl methyl sites for hydroxylation is 1. The standard InChI is InChI=1S/C25H33N3O3/c1-2-3-11-22(24(26)30)28-18-27(16-7-10-19-8-5-4-6-9-19)23(25(28)31)17-20-12-14-21(29)15-13-20/h4-6,8-9,12-15,22-23,29H,2-3,7,10-11,16-18H2,1H3,(H2,26,30)/t22?,23-/m1/s1. The summed E-state index contributed by atoms with van der Waals surface area (Å²) in [6.07, 6.45) is 4.80. The molecule has 2 aromatic carbocycles. The molecular weight excluding hydrogens is 390 g/mol. The van der Waals surface area contributed by atoms with Crippen LogP contribution in [0.3, 0.4) is 0 Å². The number of nitrogens with two attached hydrogens (primary N) is 1. The van der Waals surface area contributed by atoms with Gasteiger partial charge < -0.3 is 15.7 Å². The first-order valence-corrected chi connectivity index (χ1v) is 11.1. The smallest absolute Gasteiger partial charge is 0.242 e. The van der Waals surface area contributed by atoms with E-state index in [0.29, 0.717) is 19.5 Å². The van der Waals surface area contributed by atoms with Gasteiger partial charge in [-0.1, -0.05) is 62.2 Å². The molecule has 166 valence electrons. The molecule has 3 N–H and O–H groups in total. The zero-order valence-corrected chi connectivity index (χ0v) is 18.2. The van der Waals surface area contributed by atoms with Gasteiger partial charge in [-0.3, -0.25) is 14.5 Å².